The van der Waals surface area contributed by atoms with Crippen LogP contribution in [0.3, 0.4) is 0 Å². The molecule has 0 aliphatic carbocycles. The molecule has 3 aromatic rings. The van der Waals surface area contributed by atoms with Gasteiger partial charge in [-0.05, 0) is 37.3 Å². The van der Waals surface area contributed by atoms with Gasteiger partial charge in [0.05, 0.1) is 16.7 Å². The first-order chi connectivity index (χ1) is 11.1. The van der Waals surface area contributed by atoms with E-state index in [9.17, 15) is 4.79 Å². The summed E-state index contributed by atoms with van der Waals surface area (Å²) >= 11 is 5.87. The Kier molecular flexibility index (Phi) is 4.25. The van der Waals surface area contributed by atoms with E-state index >= 15 is 0 Å². The van der Waals surface area contributed by atoms with E-state index < -0.39 is 6.03 Å². The number of nitrogens with zero attached hydrogens (tertiary/aromatic N) is 2. The minimum atomic E-state index is -0.429. The minimum absolute atomic E-state index is 0.429. The molecule has 3 rings (SSSR count). The van der Waals surface area contributed by atoms with Crippen LogP contribution in [0.25, 0.3) is 11.0 Å². The molecule has 6 nitrogen and oxygen atoms in total. The third kappa shape index (κ3) is 3.67. The number of hydrogen-bond donors (Lipinski definition) is 3. The Labute approximate surface area is 137 Å². The number of carbonyl (C=O) groups is 1. The van der Waals surface area contributed by atoms with E-state index in [2.05, 4.69) is 26.1 Å². The number of amides is 2. The monoisotopic (exact) mass is 327 g/mol. The molecule has 7 heteroatoms. The van der Waals surface area contributed by atoms with Crippen molar-refractivity contribution in [1.82, 2.24) is 15.4 Å². The second kappa shape index (κ2) is 6.50. The summed E-state index contributed by atoms with van der Waals surface area (Å²) in [5.41, 5.74) is 8.13. The molecule has 3 N–H and O–H groups in total. The number of hydrogen-bond acceptors (Lipinski definition) is 4. The molecule has 0 unspecified atom stereocenters. The number of halogens is 1. The van der Waals surface area contributed by atoms with E-state index in [1.165, 1.54) is 0 Å². The van der Waals surface area contributed by atoms with Crippen molar-refractivity contribution < 1.29 is 4.79 Å². The second-order valence-corrected chi connectivity index (χ2v) is 5.30. The van der Waals surface area contributed by atoms with Crippen molar-refractivity contribution in [2.75, 3.05) is 10.7 Å². The number of hydrazine groups is 1. The van der Waals surface area contributed by atoms with Gasteiger partial charge in [0, 0.05) is 10.7 Å². The zero-order chi connectivity index (χ0) is 16.2. The van der Waals surface area contributed by atoms with E-state index in [0.29, 0.717) is 22.2 Å². The molecule has 1 aromatic heterocycles. The van der Waals surface area contributed by atoms with E-state index in [-0.39, 0.29) is 0 Å². The van der Waals surface area contributed by atoms with Crippen LogP contribution in [0.1, 0.15) is 5.69 Å². The summed E-state index contributed by atoms with van der Waals surface area (Å²) in [4.78, 5) is 20.8. The molecule has 1 heterocycles. The van der Waals surface area contributed by atoms with Crippen LogP contribution in [-0.2, 0) is 0 Å². The van der Waals surface area contributed by atoms with Gasteiger partial charge in [-0.2, -0.15) is 0 Å². The highest BCUT2D eigenvalue weighted by molar-refractivity contribution is 6.30. The van der Waals surface area contributed by atoms with Gasteiger partial charge in [-0.15, -0.1) is 0 Å². The van der Waals surface area contributed by atoms with Crippen molar-refractivity contribution in [3.63, 3.8) is 0 Å². The summed E-state index contributed by atoms with van der Waals surface area (Å²) in [6.45, 7) is 1.82. The van der Waals surface area contributed by atoms with Crippen molar-refractivity contribution in [2.45, 2.75) is 6.92 Å². The van der Waals surface area contributed by atoms with Gasteiger partial charge in [0.25, 0.3) is 0 Å². The van der Waals surface area contributed by atoms with Crippen molar-refractivity contribution in [1.29, 1.82) is 0 Å². The maximum Gasteiger partial charge on any atom is 0.337 e. The predicted molar refractivity (Wildman–Crippen MR) is 91.5 cm³/mol. The Morgan fingerprint density at radius 1 is 1.04 bits per heavy atom. The largest absolute Gasteiger partial charge is 0.337 e. The predicted octanol–water partition coefficient (Wildman–Crippen LogP) is 3.74. The smallest absolute Gasteiger partial charge is 0.307 e. The van der Waals surface area contributed by atoms with Crippen molar-refractivity contribution in [2.24, 2.45) is 0 Å². The first kappa shape index (κ1) is 15.1. The Balaban J connectivity index is 1.68. The molecule has 0 aliphatic rings. The minimum Gasteiger partial charge on any atom is -0.307 e. The number of aromatic nitrogens is 2. The fourth-order valence-electron chi connectivity index (χ4n) is 2.05. The first-order valence-electron chi connectivity index (χ1n) is 6.94. The molecule has 0 spiro atoms. The van der Waals surface area contributed by atoms with Gasteiger partial charge in [-0.1, -0.05) is 29.8 Å². The van der Waals surface area contributed by atoms with Gasteiger partial charge in [0.15, 0.2) is 5.82 Å². The van der Waals surface area contributed by atoms with Crippen LogP contribution in [-0.4, -0.2) is 16.0 Å². The molecule has 0 bridgehead atoms. The lowest BCUT2D eigenvalue weighted by Gasteiger charge is -2.11. The molecule has 0 fully saturated rings. The lowest BCUT2D eigenvalue weighted by molar-refractivity contribution is 0.254. The fraction of sp³-hybridized carbons (Fsp3) is 0.0625. The molecule has 2 amide bonds. The number of rotatable bonds is 3. The average molecular weight is 328 g/mol. The summed E-state index contributed by atoms with van der Waals surface area (Å²) in [5, 5.41) is 3.21. The average Bonchev–Trinajstić information content (AvgIpc) is 2.53. The van der Waals surface area contributed by atoms with Gasteiger partial charge >= 0.3 is 6.03 Å². The molecule has 116 valence electrons. The number of fused-ring (bicyclic) bond motifs is 1. The van der Waals surface area contributed by atoms with Gasteiger partial charge in [0.1, 0.15) is 0 Å². The van der Waals surface area contributed by atoms with Crippen LogP contribution in [0.2, 0.25) is 5.02 Å². The highest BCUT2D eigenvalue weighted by atomic mass is 35.5. The Morgan fingerprint density at radius 3 is 2.52 bits per heavy atom. The molecule has 23 heavy (non-hydrogen) atoms. The summed E-state index contributed by atoms with van der Waals surface area (Å²) in [6.07, 6.45) is 0. The zero-order valence-corrected chi connectivity index (χ0v) is 13.1. The summed E-state index contributed by atoms with van der Waals surface area (Å²) in [7, 11) is 0. The van der Waals surface area contributed by atoms with E-state index in [0.717, 1.165) is 11.0 Å². The maximum absolute atomic E-state index is 11.9. The Morgan fingerprint density at radius 2 is 1.78 bits per heavy atom. The molecule has 0 atom stereocenters. The van der Waals surface area contributed by atoms with Crippen molar-refractivity contribution in [3.8, 4) is 0 Å². The van der Waals surface area contributed by atoms with Crippen LogP contribution < -0.4 is 16.2 Å². The fourth-order valence-corrected chi connectivity index (χ4v) is 2.24. The standard InChI is InChI=1S/C16H14ClN5O/c1-10-15(20-14-8-3-2-7-13(14)18-10)21-22-16(23)19-12-6-4-5-11(17)9-12/h2-9H,1H3,(H,20,21)(H2,19,22,23). The normalized spacial score (nSPS) is 10.3. The number of anilines is 2. The highest BCUT2D eigenvalue weighted by Gasteiger charge is 2.06. The van der Waals surface area contributed by atoms with Crippen LogP contribution in [0.15, 0.2) is 48.5 Å². The maximum atomic E-state index is 11.9. The third-order valence-electron chi connectivity index (χ3n) is 3.12. The Bertz CT molecular complexity index is 868. The van der Waals surface area contributed by atoms with Crippen LogP contribution in [0.4, 0.5) is 16.3 Å². The number of para-hydroxylation sites is 2. The lowest BCUT2D eigenvalue weighted by Crippen LogP contribution is -2.34. The van der Waals surface area contributed by atoms with Crippen LogP contribution >= 0.6 is 11.6 Å². The van der Waals surface area contributed by atoms with Gasteiger partial charge < -0.3 is 5.32 Å². The first-order valence-corrected chi connectivity index (χ1v) is 7.31. The summed E-state index contributed by atoms with van der Waals surface area (Å²) in [5.74, 6) is 0.491. The number of carbonyl (C=O) groups excluding carboxylic acids is 1. The molecule has 2 aromatic carbocycles. The number of benzene rings is 2. The third-order valence-corrected chi connectivity index (χ3v) is 3.36. The van der Waals surface area contributed by atoms with Gasteiger partial charge in [-0.3, -0.25) is 5.43 Å². The highest BCUT2D eigenvalue weighted by Crippen LogP contribution is 2.16. The van der Waals surface area contributed by atoms with Gasteiger partial charge in [0.2, 0.25) is 0 Å². The summed E-state index contributed by atoms with van der Waals surface area (Å²) in [6, 6.07) is 14.0. The quantitative estimate of drug-likeness (QED) is 0.640. The van der Waals surface area contributed by atoms with Crippen molar-refractivity contribution >= 4 is 40.2 Å². The molecule has 0 saturated heterocycles. The SMILES string of the molecule is Cc1nc2ccccc2nc1NNC(=O)Nc1cccc(Cl)c1. The molecular weight excluding hydrogens is 314 g/mol. The molecule has 0 radical (unpaired) electrons. The zero-order valence-electron chi connectivity index (χ0n) is 12.3. The van der Waals surface area contributed by atoms with Crippen molar-refractivity contribution in [3.05, 3.63) is 59.2 Å². The number of nitrogens with one attached hydrogen (secondary N) is 3. The van der Waals surface area contributed by atoms with Crippen LogP contribution in [0, 0.1) is 6.92 Å². The number of urea groups is 1. The Hall–Kier alpha value is -2.86. The molecule has 0 saturated carbocycles. The summed E-state index contributed by atoms with van der Waals surface area (Å²) < 4.78 is 0. The van der Waals surface area contributed by atoms with Crippen LogP contribution in [0.5, 0.6) is 0 Å². The lowest BCUT2D eigenvalue weighted by atomic mass is 10.3. The molecule has 0 aliphatic heterocycles. The second-order valence-electron chi connectivity index (χ2n) is 4.86. The molecular formula is C16H14ClN5O. The topological polar surface area (TPSA) is 78.9 Å². The number of aryl methyl sites for hydroxylation is 1. The van der Waals surface area contributed by atoms with E-state index in [1.54, 1.807) is 24.3 Å². The van der Waals surface area contributed by atoms with E-state index in [4.69, 9.17) is 11.6 Å². The van der Waals surface area contributed by atoms with E-state index in [1.807, 2.05) is 31.2 Å². The van der Waals surface area contributed by atoms with Gasteiger partial charge in [-0.25, -0.2) is 20.2 Å².